The smallest absolute Gasteiger partial charge is 0.128 e. The number of benzene rings is 1. The third-order valence-electron chi connectivity index (χ3n) is 2.67. The van der Waals surface area contributed by atoms with Gasteiger partial charge < -0.3 is 10.1 Å². The lowest BCUT2D eigenvalue weighted by atomic mass is 9.91. The lowest BCUT2D eigenvalue weighted by molar-refractivity contribution is 0.413. The van der Waals surface area contributed by atoms with Crippen molar-refractivity contribution >= 4 is 11.3 Å². The van der Waals surface area contributed by atoms with Crippen molar-refractivity contribution in [3.8, 4) is 5.75 Å². The molecule has 0 fully saturated rings. The number of ether oxygens (including phenoxy) is 1. The van der Waals surface area contributed by atoms with Crippen LogP contribution in [0.15, 0.2) is 24.3 Å². The summed E-state index contributed by atoms with van der Waals surface area (Å²) in [4.78, 5) is 0. The van der Waals surface area contributed by atoms with E-state index in [1.54, 1.807) is 7.11 Å². The van der Waals surface area contributed by atoms with E-state index >= 15 is 0 Å². The third-order valence-corrected chi connectivity index (χ3v) is 2.67. The molecule has 1 heterocycles. The predicted octanol–water partition coefficient (Wildman–Crippen LogP) is 3.30. The fourth-order valence-electron chi connectivity index (χ4n) is 2.21. The first-order valence-corrected chi connectivity index (χ1v) is 5.18. The van der Waals surface area contributed by atoms with E-state index < -0.39 is 0 Å². The third kappa shape index (κ3) is 1.72. The second-order valence-corrected chi connectivity index (χ2v) is 4.56. The zero-order valence-electron chi connectivity index (χ0n) is 9.72. The van der Waals surface area contributed by atoms with Crippen molar-refractivity contribution in [3.05, 3.63) is 29.8 Å². The minimum Gasteiger partial charge on any atom is -0.496 e. The number of anilines is 1. The molecule has 2 nitrogen and oxygen atoms in total. The highest BCUT2D eigenvalue weighted by atomic mass is 16.5. The van der Waals surface area contributed by atoms with Crippen LogP contribution in [0.3, 0.4) is 0 Å². The van der Waals surface area contributed by atoms with Crippen LogP contribution in [0.25, 0.3) is 5.57 Å². The lowest BCUT2D eigenvalue weighted by Gasteiger charge is -2.32. The van der Waals surface area contributed by atoms with Crippen LogP contribution >= 0.6 is 0 Å². The van der Waals surface area contributed by atoms with Crippen LogP contribution in [0.1, 0.15) is 26.3 Å². The van der Waals surface area contributed by atoms with Gasteiger partial charge in [-0.25, -0.2) is 0 Å². The number of hydrogen-bond acceptors (Lipinski definition) is 2. The average molecular weight is 203 g/mol. The normalized spacial score (nSPS) is 17.5. The highest BCUT2D eigenvalue weighted by molar-refractivity contribution is 5.83. The Morgan fingerprint density at radius 2 is 2.00 bits per heavy atom. The summed E-state index contributed by atoms with van der Waals surface area (Å²) in [6, 6.07) is 6.10. The average Bonchev–Trinajstić information content (AvgIpc) is 2.14. The fourth-order valence-corrected chi connectivity index (χ4v) is 2.21. The molecule has 0 aromatic heterocycles. The van der Waals surface area contributed by atoms with Gasteiger partial charge in [-0.1, -0.05) is 12.1 Å². The second kappa shape index (κ2) is 3.30. The Morgan fingerprint density at radius 3 is 2.67 bits per heavy atom. The molecule has 2 heteroatoms. The van der Waals surface area contributed by atoms with Gasteiger partial charge in [0.25, 0.3) is 0 Å². The molecule has 0 amide bonds. The van der Waals surface area contributed by atoms with Crippen molar-refractivity contribution < 1.29 is 4.74 Å². The lowest BCUT2D eigenvalue weighted by Crippen LogP contribution is -2.31. The molecule has 0 bridgehead atoms. The molecule has 0 radical (unpaired) electrons. The topological polar surface area (TPSA) is 21.3 Å². The summed E-state index contributed by atoms with van der Waals surface area (Å²) in [5, 5.41) is 3.48. The first-order chi connectivity index (χ1) is 7.03. The van der Waals surface area contributed by atoms with Gasteiger partial charge in [-0.05, 0) is 38.5 Å². The van der Waals surface area contributed by atoms with Crippen molar-refractivity contribution in [3.63, 3.8) is 0 Å². The monoisotopic (exact) mass is 203 g/mol. The second-order valence-electron chi connectivity index (χ2n) is 4.56. The van der Waals surface area contributed by atoms with E-state index in [2.05, 4.69) is 38.2 Å². The Morgan fingerprint density at radius 1 is 1.27 bits per heavy atom. The van der Waals surface area contributed by atoms with E-state index in [4.69, 9.17) is 4.74 Å². The number of allylic oxidation sites excluding steroid dienone is 1. The SMILES string of the molecule is COc1cccc2c1C(C)=CC(C)(C)N2. The summed E-state index contributed by atoms with van der Waals surface area (Å²) in [7, 11) is 1.71. The quantitative estimate of drug-likeness (QED) is 0.756. The minimum absolute atomic E-state index is 0.0173. The Balaban J connectivity index is 2.59. The Labute approximate surface area is 91.0 Å². The molecule has 0 saturated carbocycles. The molecule has 1 N–H and O–H groups in total. The zero-order chi connectivity index (χ0) is 11.1. The standard InChI is InChI=1S/C13H17NO/c1-9-8-13(2,3)14-10-6-5-7-11(15-4)12(9)10/h5-8,14H,1-4H3. The highest BCUT2D eigenvalue weighted by Crippen LogP contribution is 2.38. The van der Waals surface area contributed by atoms with Crippen molar-refractivity contribution in [2.45, 2.75) is 26.3 Å². The maximum atomic E-state index is 5.37. The van der Waals surface area contributed by atoms with Gasteiger partial charge >= 0.3 is 0 Å². The molecule has 15 heavy (non-hydrogen) atoms. The summed E-state index contributed by atoms with van der Waals surface area (Å²) in [6.45, 7) is 6.46. The van der Waals surface area contributed by atoms with E-state index in [1.165, 1.54) is 11.1 Å². The highest BCUT2D eigenvalue weighted by Gasteiger charge is 2.24. The number of rotatable bonds is 1. The van der Waals surface area contributed by atoms with Gasteiger partial charge in [0.15, 0.2) is 0 Å². The Kier molecular flexibility index (Phi) is 2.22. The van der Waals surface area contributed by atoms with Crippen LogP contribution in [0.4, 0.5) is 5.69 Å². The van der Waals surface area contributed by atoms with Crippen molar-refractivity contribution in [1.29, 1.82) is 0 Å². The van der Waals surface area contributed by atoms with Gasteiger partial charge in [-0.15, -0.1) is 0 Å². The minimum atomic E-state index is 0.0173. The van der Waals surface area contributed by atoms with Crippen LogP contribution in [-0.2, 0) is 0 Å². The van der Waals surface area contributed by atoms with Gasteiger partial charge in [0, 0.05) is 11.3 Å². The van der Waals surface area contributed by atoms with E-state index in [0.717, 1.165) is 11.4 Å². The van der Waals surface area contributed by atoms with E-state index in [1.807, 2.05) is 12.1 Å². The van der Waals surface area contributed by atoms with Gasteiger partial charge in [-0.2, -0.15) is 0 Å². The summed E-state index contributed by atoms with van der Waals surface area (Å²) in [5.41, 5.74) is 3.62. The zero-order valence-corrected chi connectivity index (χ0v) is 9.72. The van der Waals surface area contributed by atoms with E-state index in [9.17, 15) is 0 Å². The van der Waals surface area contributed by atoms with Crippen LogP contribution in [0, 0.1) is 0 Å². The first-order valence-electron chi connectivity index (χ1n) is 5.18. The molecule has 0 spiro atoms. The van der Waals surface area contributed by atoms with E-state index in [0.29, 0.717) is 0 Å². The molecule has 0 unspecified atom stereocenters. The molecule has 1 aliphatic rings. The van der Waals surface area contributed by atoms with Crippen LogP contribution < -0.4 is 10.1 Å². The molecular weight excluding hydrogens is 186 g/mol. The Hall–Kier alpha value is -1.44. The first kappa shape index (κ1) is 10.1. The van der Waals surface area contributed by atoms with E-state index in [-0.39, 0.29) is 5.54 Å². The summed E-state index contributed by atoms with van der Waals surface area (Å²) in [5.74, 6) is 0.934. The van der Waals surface area contributed by atoms with Crippen LogP contribution in [0.2, 0.25) is 0 Å². The molecular formula is C13H17NO. The largest absolute Gasteiger partial charge is 0.496 e. The molecule has 0 saturated heterocycles. The number of fused-ring (bicyclic) bond motifs is 1. The van der Waals surface area contributed by atoms with Gasteiger partial charge in [0.2, 0.25) is 0 Å². The molecule has 1 aromatic rings. The number of hydrogen-bond donors (Lipinski definition) is 1. The molecule has 0 atom stereocenters. The summed E-state index contributed by atoms with van der Waals surface area (Å²) >= 11 is 0. The summed E-state index contributed by atoms with van der Waals surface area (Å²) < 4.78 is 5.37. The maximum Gasteiger partial charge on any atom is 0.128 e. The van der Waals surface area contributed by atoms with Gasteiger partial charge in [0.05, 0.1) is 12.6 Å². The molecule has 2 rings (SSSR count). The van der Waals surface area contributed by atoms with Crippen LogP contribution in [-0.4, -0.2) is 12.6 Å². The van der Waals surface area contributed by atoms with Crippen molar-refractivity contribution in [2.24, 2.45) is 0 Å². The van der Waals surface area contributed by atoms with Crippen molar-refractivity contribution in [2.75, 3.05) is 12.4 Å². The molecule has 80 valence electrons. The Bertz CT molecular complexity index is 419. The van der Waals surface area contributed by atoms with Gasteiger partial charge in [0.1, 0.15) is 5.75 Å². The van der Waals surface area contributed by atoms with Gasteiger partial charge in [-0.3, -0.25) is 0 Å². The fraction of sp³-hybridized carbons (Fsp3) is 0.385. The molecule has 0 aliphatic carbocycles. The van der Waals surface area contributed by atoms with Crippen molar-refractivity contribution in [1.82, 2.24) is 0 Å². The molecule has 1 aliphatic heterocycles. The predicted molar refractivity (Wildman–Crippen MR) is 64.3 cm³/mol. The number of nitrogens with one attached hydrogen (secondary N) is 1. The summed E-state index contributed by atoms with van der Waals surface area (Å²) in [6.07, 6.45) is 2.23. The number of methoxy groups -OCH3 is 1. The molecule has 1 aromatic carbocycles. The maximum absolute atomic E-state index is 5.37. The van der Waals surface area contributed by atoms with Crippen LogP contribution in [0.5, 0.6) is 5.75 Å².